The van der Waals surface area contributed by atoms with E-state index in [0.717, 1.165) is 31.4 Å². The van der Waals surface area contributed by atoms with Crippen LogP contribution in [-0.4, -0.2) is 40.0 Å². The van der Waals surface area contributed by atoms with Gasteiger partial charge in [-0.05, 0) is 37.8 Å². The predicted molar refractivity (Wildman–Crippen MR) is 73.4 cm³/mol. The summed E-state index contributed by atoms with van der Waals surface area (Å²) in [7, 11) is 0. The summed E-state index contributed by atoms with van der Waals surface area (Å²) >= 11 is 0. The molecule has 0 bridgehead atoms. The molecule has 1 aliphatic rings. The quantitative estimate of drug-likeness (QED) is 0.643. The first-order valence-electron chi connectivity index (χ1n) is 6.90. The van der Waals surface area contributed by atoms with Gasteiger partial charge < -0.3 is 10.0 Å². The summed E-state index contributed by atoms with van der Waals surface area (Å²) in [5.74, 6) is -1.36. The molecule has 0 aromatic heterocycles. The molecule has 1 aromatic rings. The van der Waals surface area contributed by atoms with Gasteiger partial charge in [0.15, 0.2) is 0 Å². The van der Waals surface area contributed by atoms with E-state index in [1.165, 1.54) is 6.07 Å². The lowest BCUT2D eigenvalue weighted by Crippen LogP contribution is -2.45. The van der Waals surface area contributed by atoms with E-state index in [2.05, 4.69) is 0 Å². The lowest BCUT2D eigenvalue weighted by molar-refractivity contribution is -0.387. The largest absolute Gasteiger partial charge is 0.396 e. The normalized spacial score (nSPS) is 14.6. The topological polar surface area (TPSA) is 83.7 Å². The molecule has 7 heteroatoms. The Morgan fingerprint density at radius 3 is 2.67 bits per heavy atom. The maximum absolute atomic E-state index is 13.6. The third-order valence-corrected chi connectivity index (χ3v) is 3.72. The van der Waals surface area contributed by atoms with Crippen molar-refractivity contribution in [2.75, 3.05) is 13.2 Å². The van der Waals surface area contributed by atoms with E-state index in [0.29, 0.717) is 13.0 Å². The molecule has 0 saturated heterocycles. The maximum atomic E-state index is 13.6. The zero-order chi connectivity index (χ0) is 15.4. The van der Waals surface area contributed by atoms with Crippen LogP contribution in [0.2, 0.25) is 0 Å². The number of nitro groups is 1. The highest BCUT2D eigenvalue weighted by Crippen LogP contribution is 2.27. The van der Waals surface area contributed by atoms with Gasteiger partial charge in [0.2, 0.25) is 5.82 Å². The molecule has 1 N–H and O–H groups in total. The lowest BCUT2D eigenvalue weighted by Gasteiger charge is -2.37. The fourth-order valence-corrected chi connectivity index (χ4v) is 2.34. The van der Waals surface area contributed by atoms with Crippen molar-refractivity contribution in [3.8, 4) is 0 Å². The zero-order valence-corrected chi connectivity index (χ0v) is 11.5. The average Bonchev–Trinajstić information content (AvgIpc) is 2.39. The van der Waals surface area contributed by atoms with Gasteiger partial charge in [0.05, 0.1) is 4.92 Å². The number of aliphatic hydroxyl groups excluding tert-OH is 1. The molecule has 2 rings (SSSR count). The minimum atomic E-state index is -1.01. The fraction of sp³-hybridized carbons (Fsp3) is 0.500. The van der Waals surface area contributed by atoms with Crippen LogP contribution in [0.1, 0.15) is 36.0 Å². The first-order chi connectivity index (χ1) is 10.0. The summed E-state index contributed by atoms with van der Waals surface area (Å²) in [6.45, 7) is 0.379. The number of nitrogens with zero attached hydrogens (tertiary/aromatic N) is 2. The maximum Gasteiger partial charge on any atom is 0.304 e. The fourth-order valence-electron chi connectivity index (χ4n) is 2.34. The molecule has 1 aliphatic carbocycles. The molecule has 114 valence electrons. The molecule has 0 spiro atoms. The number of aliphatic hydroxyl groups is 1. The third kappa shape index (κ3) is 3.36. The second kappa shape index (κ2) is 6.62. The van der Waals surface area contributed by atoms with Crippen LogP contribution in [0.25, 0.3) is 0 Å². The molecule has 1 fully saturated rings. The number of amides is 1. The number of carbonyl (C=O) groups is 1. The van der Waals surface area contributed by atoms with Crippen LogP contribution in [-0.2, 0) is 0 Å². The Hall–Kier alpha value is -2.02. The molecule has 0 atom stereocenters. The number of benzene rings is 1. The van der Waals surface area contributed by atoms with Crippen LogP contribution >= 0.6 is 0 Å². The molecule has 1 amide bonds. The Morgan fingerprint density at radius 2 is 2.19 bits per heavy atom. The standard InChI is InChI=1S/C14H17FN2O4/c15-12-9-10(5-6-13(12)17(20)21)14(19)16(7-2-8-18)11-3-1-4-11/h5-6,9,11,18H,1-4,7-8H2. The Labute approximate surface area is 121 Å². The van der Waals surface area contributed by atoms with Crippen molar-refractivity contribution in [2.45, 2.75) is 31.7 Å². The number of nitro benzene ring substituents is 1. The molecule has 0 unspecified atom stereocenters. The molecule has 6 nitrogen and oxygen atoms in total. The zero-order valence-electron chi connectivity index (χ0n) is 11.5. The van der Waals surface area contributed by atoms with Gasteiger partial charge in [0, 0.05) is 30.8 Å². The van der Waals surface area contributed by atoms with Gasteiger partial charge in [0.25, 0.3) is 5.91 Å². The lowest BCUT2D eigenvalue weighted by atomic mass is 9.90. The van der Waals surface area contributed by atoms with Gasteiger partial charge in [-0.2, -0.15) is 4.39 Å². The van der Waals surface area contributed by atoms with Crippen molar-refractivity contribution in [1.29, 1.82) is 0 Å². The molecule has 21 heavy (non-hydrogen) atoms. The summed E-state index contributed by atoms with van der Waals surface area (Å²) in [6, 6.07) is 3.30. The summed E-state index contributed by atoms with van der Waals surface area (Å²) < 4.78 is 13.6. The molecule has 1 saturated carbocycles. The predicted octanol–water partition coefficient (Wildman–Crippen LogP) is 2.11. The number of hydrogen-bond donors (Lipinski definition) is 1. The minimum Gasteiger partial charge on any atom is -0.396 e. The third-order valence-electron chi connectivity index (χ3n) is 3.72. The number of halogens is 1. The Kier molecular flexibility index (Phi) is 4.85. The average molecular weight is 296 g/mol. The summed E-state index contributed by atoms with van der Waals surface area (Å²) in [6.07, 6.45) is 3.29. The van der Waals surface area contributed by atoms with Gasteiger partial charge in [-0.15, -0.1) is 0 Å². The van der Waals surface area contributed by atoms with Crippen molar-refractivity contribution in [3.05, 3.63) is 39.7 Å². The second-order valence-electron chi connectivity index (χ2n) is 5.08. The van der Waals surface area contributed by atoms with Crippen molar-refractivity contribution < 1.29 is 19.2 Å². The van der Waals surface area contributed by atoms with Crippen LogP contribution in [0.4, 0.5) is 10.1 Å². The number of carbonyl (C=O) groups excluding carboxylic acids is 1. The van der Waals surface area contributed by atoms with Crippen molar-refractivity contribution in [3.63, 3.8) is 0 Å². The van der Waals surface area contributed by atoms with Crippen molar-refractivity contribution in [1.82, 2.24) is 4.90 Å². The van der Waals surface area contributed by atoms with E-state index in [9.17, 15) is 19.3 Å². The van der Waals surface area contributed by atoms with E-state index >= 15 is 0 Å². The first-order valence-corrected chi connectivity index (χ1v) is 6.90. The highest BCUT2D eigenvalue weighted by atomic mass is 19.1. The molecule has 0 heterocycles. The summed E-state index contributed by atoms with van der Waals surface area (Å²) in [5, 5.41) is 19.5. The van der Waals surface area contributed by atoms with E-state index < -0.39 is 16.4 Å². The van der Waals surface area contributed by atoms with E-state index in [1.54, 1.807) is 4.90 Å². The van der Waals surface area contributed by atoms with E-state index in [-0.39, 0.29) is 24.1 Å². The van der Waals surface area contributed by atoms with Gasteiger partial charge in [0.1, 0.15) is 0 Å². The van der Waals surface area contributed by atoms with E-state index in [1.807, 2.05) is 0 Å². The van der Waals surface area contributed by atoms with Gasteiger partial charge in [-0.25, -0.2) is 0 Å². The second-order valence-corrected chi connectivity index (χ2v) is 5.08. The van der Waals surface area contributed by atoms with Crippen LogP contribution in [0.5, 0.6) is 0 Å². The van der Waals surface area contributed by atoms with Crippen LogP contribution in [0.3, 0.4) is 0 Å². The highest BCUT2D eigenvalue weighted by molar-refractivity contribution is 5.94. The van der Waals surface area contributed by atoms with Gasteiger partial charge in [-0.3, -0.25) is 14.9 Å². The first kappa shape index (κ1) is 15.4. The Balaban J connectivity index is 2.19. The Bertz CT molecular complexity index is 546. The monoisotopic (exact) mass is 296 g/mol. The SMILES string of the molecule is O=C(c1ccc([N+](=O)[O-])c(F)c1)N(CCCO)C1CCC1. The van der Waals surface area contributed by atoms with Gasteiger partial charge in [-0.1, -0.05) is 0 Å². The number of rotatable bonds is 6. The molecule has 1 aromatic carbocycles. The van der Waals surface area contributed by atoms with Crippen LogP contribution < -0.4 is 0 Å². The van der Waals surface area contributed by atoms with Crippen molar-refractivity contribution in [2.24, 2.45) is 0 Å². The van der Waals surface area contributed by atoms with Crippen LogP contribution in [0.15, 0.2) is 18.2 Å². The molecular formula is C14H17FN2O4. The molecule has 0 aliphatic heterocycles. The molecule has 0 radical (unpaired) electrons. The highest BCUT2D eigenvalue weighted by Gasteiger charge is 2.29. The molecular weight excluding hydrogens is 279 g/mol. The summed E-state index contributed by atoms with van der Waals surface area (Å²) in [5.41, 5.74) is -0.542. The number of hydrogen-bond acceptors (Lipinski definition) is 4. The van der Waals surface area contributed by atoms with E-state index in [4.69, 9.17) is 5.11 Å². The Morgan fingerprint density at radius 1 is 1.48 bits per heavy atom. The smallest absolute Gasteiger partial charge is 0.304 e. The van der Waals surface area contributed by atoms with Crippen molar-refractivity contribution >= 4 is 11.6 Å². The van der Waals surface area contributed by atoms with Gasteiger partial charge >= 0.3 is 5.69 Å². The van der Waals surface area contributed by atoms with Crippen LogP contribution in [0, 0.1) is 15.9 Å². The minimum absolute atomic E-state index is 0.0227. The summed E-state index contributed by atoms with van der Waals surface area (Å²) in [4.78, 5) is 23.8.